The summed E-state index contributed by atoms with van der Waals surface area (Å²) in [4.78, 5) is 39.8. The molecule has 0 heterocycles. The van der Waals surface area contributed by atoms with Crippen LogP contribution in [0, 0.1) is 50.2 Å². The Bertz CT molecular complexity index is 1470. The first-order valence-electron chi connectivity index (χ1n) is 16.7. The van der Waals surface area contributed by atoms with Crippen molar-refractivity contribution in [3.8, 4) is 17.2 Å². The molecule has 0 saturated heterocycles. The Hall–Kier alpha value is -3.03. The number of rotatable bonds is 4. The van der Waals surface area contributed by atoms with Crippen LogP contribution in [-0.4, -0.2) is 44.8 Å². The molecule has 0 radical (unpaired) electrons. The highest BCUT2D eigenvalue weighted by Gasteiger charge is 2.71. The van der Waals surface area contributed by atoms with E-state index < -0.39 is 45.4 Å². The third-order valence-electron chi connectivity index (χ3n) is 14.2. The largest absolute Gasteiger partial charge is 0.504 e. The highest BCUT2D eigenvalue weighted by atomic mass is 16.5. The second-order valence-corrected chi connectivity index (χ2v) is 17.0. The quantitative estimate of drug-likeness (QED) is 0.155. The molecule has 5 aliphatic carbocycles. The van der Waals surface area contributed by atoms with Gasteiger partial charge in [0.2, 0.25) is 0 Å². The molecule has 8 heteroatoms. The van der Waals surface area contributed by atoms with Crippen LogP contribution in [0.3, 0.4) is 0 Å². The summed E-state index contributed by atoms with van der Waals surface area (Å²) in [6.07, 6.45) is 9.54. The van der Waals surface area contributed by atoms with Gasteiger partial charge in [-0.15, -0.1) is 0 Å². The topological polar surface area (TPSA) is 141 Å². The number of carboxylic acids is 1. The van der Waals surface area contributed by atoms with Gasteiger partial charge in [0.15, 0.2) is 17.2 Å². The monoisotopic (exact) mass is 622 g/mol. The fraction of sp³-hybridized carbons (Fsp3) is 0.703. The van der Waals surface area contributed by atoms with E-state index in [4.69, 9.17) is 4.74 Å². The third-order valence-corrected chi connectivity index (χ3v) is 14.2. The minimum atomic E-state index is -0.854. The number of carbonyl (C=O) groups excluding carboxylic acids is 2. The number of phenolic OH excluding ortho intramolecular Hbond substituents is 3. The zero-order valence-corrected chi connectivity index (χ0v) is 27.7. The van der Waals surface area contributed by atoms with E-state index in [2.05, 4.69) is 47.6 Å². The van der Waals surface area contributed by atoms with Crippen LogP contribution in [0.1, 0.15) is 116 Å². The first kappa shape index (κ1) is 31.9. The highest BCUT2D eigenvalue weighted by molar-refractivity contribution is 5.91. The van der Waals surface area contributed by atoms with Gasteiger partial charge in [0.05, 0.1) is 11.0 Å². The van der Waals surface area contributed by atoms with Crippen molar-refractivity contribution in [3.05, 3.63) is 29.3 Å². The molecule has 246 valence electrons. The van der Waals surface area contributed by atoms with Crippen LogP contribution in [0.5, 0.6) is 17.2 Å². The molecule has 8 nitrogen and oxygen atoms in total. The summed E-state index contributed by atoms with van der Waals surface area (Å²) in [6, 6.07) is 2.18. The molecule has 3 unspecified atom stereocenters. The molecule has 0 aliphatic heterocycles. The summed E-state index contributed by atoms with van der Waals surface area (Å²) >= 11 is 0. The predicted octanol–water partition coefficient (Wildman–Crippen LogP) is 7.40. The van der Waals surface area contributed by atoms with Crippen LogP contribution >= 0.6 is 0 Å². The average molecular weight is 623 g/mol. The number of allylic oxidation sites excluding steroid dienone is 1. The van der Waals surface area contributed by atoms with E-state index in [1.807, 2.05) is 0 Å². The van der Waals surface area contributed by atoms with Gasteiger partial charge in [0.25, 0.3) is 0 Å². The summed E-state index contributed by atoms with van der Waals surface area (Å²) in [5.41, 5.74) is -1.27. The molecule has 7 atom stereocenters. The van der Waals surface area contributed by atoms with E-state index in [0.29, 0.717) is 31.5 Å². The SMILES string of the molecule is CC1(C)CC[C@]2(C(=O)O)CC[C@]3(COC(=O)c4cc(O)c(O)c(O)c4)C(=CCC4[C@@]5(C)CCC(=O)C(C)(C)C5CC[C@]43C)C2C1. The molecule has 45 heavy (non-hydrogen) atoms. The Morgan fingerprint density at radius 2 is 1.53 bits per heavy atom. The highest BCUT2D eigenvalue weighted by Crippen LogP contribution is 2.75. The van der Waals surface area contributed by atoms with Crippen molar-refractivity contribution in [2.75, 3.05) is 6.61 Å². The summed E-state index contributed by atoms with van der Waals surface area (Å²) in [7, 11) is 0. The van der Waals surface area contributed by atoms with Crippen molar-refractivity contribution in [2.45, 2.75) is 106 Å². The number of fused-ring (bicyclic) bond motifs is 7. The minimum absolute atomic E-state index is 0.0273. The van der Waals surface area contributed by atoms with Crippen LogP contribution in [0.4, 0.5) is 0 Å². The van der Waals surface area contributed by atoms with E-state index in [1.54, 1.807) is 0 Å². The number of ether oxygens (including phenoxy) is 1. The van der Waals surface area contributed by atoms with Gasteiger partial charge in [-0.1, -0.05) is 53.2 Å². The summed E-state index contributed by atoms with van der Waals surface area (Å²) < 4.78 is 6.16. The predicted molar refractivity (Wildman–Crippen MR) is 168 cm³/mol. The molecule has 0 amide bonds. The lowest BCUT2D eigenvalue weighted by Crippen LogP contribution is -2.66. The smallest absolute Gasteiger partial charge is 0.338 e. The first-order valence-corrected chi connectivity index (χ1v) is 16.7. The van der Waals surface area contributed by atoms with Gasteiger partial charge in [0.1, 0.15) is 12.4 Å². The lowest BCUT2D eigenvalue weighted by molar-refractivity contribution is -0.199. The molecule has 1 aromatic rings. The summed E-state index contributed by atoms with van der Waals surface area (Å²) in [5.74, 6) is -2.78. The van der Waals surface area contributed by atoms with Crippen LogP contribution in [0.25, 0.3) is 0 Å². The molecular formula is C37H50O8. The van der Waals surface area contributed by atoms with Crippen molar-refractivity contribution < 1.29 is 39.5 Å². The van der Waals surface area contributed by atoms with Crippen molar-refractivity contribution in [1.29, 1.82) is 0 Å². The number of ketones is 1. The Balaban J connectivity index is 1.47. The first-order chi connectivity index (χ1) is 20.8. The molecular weight excluding hydrogens is 572 g/mol. The lowest BCUT2D eigenvalue weighted by atomic mass is 9.33. The summed E-state index contributed by atoms with van der Waals surface area (Å²) in [5, 5.41) is 40.8. The molecule has 1 aromatic carbocycles. The lowest BCUT2D eigenvalue weighted by Gasteiger charge is -2.70. The van der Waals surface area contributed by atoms with E-state index >= 15 is 0 Å². The Morgan fingerprint density at radius 1 is 0.889 bits per heavy atom. The molecule has 0 aromatic heterocycles. The normalized spacial score (nSPS) is 39.7. The van der Waals surface area contributed by atoms with Gasteiger partial charge in [0, 0.05) is 17.3 Å². The number of esters is 1. The number of aromatic hydroxyl groups is 3. The van der Waals surface area contributed by atoms with Gasteiger partial charge in [-0.25, -0.2) is 4.79 Å². The van der Waals surface area contributed by atoms with Crippen molar-refractivity contribution >= 4 is 17.7 Å². The van der Waals surface area contributed by atoms with E-state index in [0.717, 1.165) is 56.2 Å². The number of hydrogen-bond donors (Lipinski definition) is 4. The second-order valence-electron chi connectivity index (χ2n) is 17.0. The van der Waals surface area contributed by atoms with Crippen molar-refractivity contribution in [1.82, 2.24) is 0 Å². The zero-order chi connectivity index (χ0) is 33.0. The number of hydrogen-bond acceptors (Lipinski definition) is 7. The third kappa shape index (κ3) is 4.32. The van der Waals surface area contributed by atoms with Crippen LogP contribution in [0.15, 0.2) is 23.8 Å². The minimum Gasteiger partial charge on any atom is -0.504 e. The van der Waals surface area contributed by atoms with Gasteiger partial charge in [-0.3, -0.25) is 9.59 Å². The fourth-order valence-electron chi connectivity index (χ4n) is 11.5. The second kappa shape index (κ2) is 9.98. The Kier molecular flexibility index (Phi) is 7.08. The van der Waals surface area contributed by atoms with Crippen LogP contribution in [0.2, 0.25) is 0 Å². The molecule has 0 bridgehead atoms. The number of Topliss-reactive ketones (excluding diaryl/α,β-unsaturated/α-hetero) is 1. The molecule has 4 fully saturated rings. The summed E-state index contributed by atoms with van der Waals surface area (Å²) in [6.45, 7) is 13.4. The van der Waals surface area contributed by atoms with Crippen molar-refractivity contribution in [3.63, 3.8) is 0 Å². The average Bonchev–Trinajstić information content (AvgIpc) is 2.96. The van der Waals surface area contributed by atoms with Crippen LogP contribution in [-0.2, 0) is 14.3 Å². The van der Waals surface area contributed by atoms with Crippen LogP contribution < -0.4 is 0 Å². The standard InChI is InChI=1S/C37H50O8/c1-32(2)13-14-36(31(43)44)15-16-37(20-45-30(42)21-17-24(38)29(41)25(39)18-21)22(23(36)19-32)7-8-27-34(5)11-10-28(40)33(3,4)26(34)9-12-35(27,37)6/h7,17-18,23,26-27,38-39,41H,8-16,19-20H2,1-6H3,(H,43,44)/t23?,26?,27?,34-,35+,36-,37-/m0/s1. The molecule has 5 aliphatic rings. The van der Waals surface area contributed by atoms with E-state index in [9.17, 15) is 34.8 Å². The van der Waals surface area contributed by atoms with Crippen molar-refractivity contribution in [2.24, 2.45) is 50.2 Å². The van der Waals surface area contributed by atoms with E-state index in [1.165, 1.54) is 0 Å². The zero-order valence-electron chi connectivity index (χ0n) is 27.7. The molecule has 4 N–H and O–H groups in total. The van der Waals surface area contributed by atoms with Gasteiger partial charge >= 0.3 is 11.9 Å². The fourth-order valence-corrected chi connectivity index (χ4v) is 11.5. The maximum absolute atomic E-state index is 13.5. The maximum atomic E-state index is 13.5. The van der Waals surface area contributed by atoms with E-state index in [-0.39, 0.29) is 46.2 Å². The molecule has 0 spiro atoms. The maximum Gasteiger partial charge on any atom is 0.338 e. The van der Waals surface area contributed by atoms with Gasteiger partial charge < -0.3 is 25.2 Å². The number of phenols is 3. The Labute approximate surface area is 266 Å². The molecule has 6 rings (SSSR count). The van der Waals surface area contributed by atoms with Gasteiger partial charge in [-0.05, 0) is 104 Å². The number of benzene rings is 1. The van der Waals surface area contributed by atoms with Gasteiger partial charge in [-0.2, -0.15) is 0 Å². The number of carbonyl (C=O) groups is 3. The molecule has 4 saturated carbocycles. The number of carboxylic acid groups (broad SMARTS) is 1. The number of aliphatic carboxylic acids is 1. The Morgan fingerprint density at radius 3 is 2.18 bits per heavy atom.